The summed E-state index contributed by atoms with van der Waals surface area (Å²) >= 11 is 3.52. The molecule has 1 atom stereocenters. The molecule has 0 saturated carbocycles. The summed E-state index contributed by atoms with van der Waals surface area (Å²) in [5.41, 5.74) is 9.29. The lowest BCUT2D eigenvalue weighted by molar-refractivity contribution is 0.173. The Labute approximate surface area is 132 Å². The minimum Gasteiger partial charge on any atom is -0.454 e. The van der Waals surface area contributed by atoms with Gasteiger partial charge < -0.3 is 20.5 Å². The minimum atomic E-state index is 0.0110. The van der Waals surface area contributed by atoms with Crippen molar-refractivity contribution in [2.24, 2.45) is 5.73 Å². The Bertz CT molecular complexity index is 661. The van der Waals surface area contributed by atoms with Crippen molar-refractivity contribution in [1.82, 2.24) is 0 Å². The highest BCUT2D eigenvalue weighted by atomic mass is 79.9. The zero-order chi connectivity index (χ0) is 14.8. The largest absolute Gasteiger partial charge is 0.454 e. The number of ether oxygens (including phenoxy) is 2. The second-order valence-electron chi connectivity index (χ2n) is 4.98. The third kappa shape index (κ3) is 2.84. The van der Waals surface area contributed by atoms with Gasteiger partial charge in [0.2, 0.25) is 6.79 Å². The van der Waals surface area contributed by atoms with Crippen molar-refractivity contribution in [2.75, 3.05) is 18.7 Å². The van der Waals surface area contributed by atoms with E-state index >= 15 is 0 Å². The second kappa shape index (κ2) is 5.95. The van der Waals surface area contributed by atoms with Gasteiger partial charge in [-0.2, -0.15) is 0 Å². The van der Waals surface area contributed by atoms with Crippen molar-refractivity contribution in [3.05, 3.63) is 52.0 Å². The molecule has 0 saturated heterocycles. The molecule has 0 aromatic heterocycles. The van der Waals surface area contributed by atoms with Gasteiger partial charge in [0.25, 0.3) is 0 Å². The van der Waals surface area contributed by atoms with E-state index in [1.54, 1.807) is 0 Å². The van der Waals surface area contributed by atoms with Gasteiger partial charge in [0, 0.05) is 12.2 Å². The summed E-state index contributed by atoms with van der Waals surface area (Å²) < 4.78 is 11.8. The lowest BCUT2D eigenvalue weighted by Gasteiger charge is -2.20. The van der Waals surface area contributed by atoms with E-state index < -0.39 is 0 Å². The highest BCUT2D eigenvalue weighted by Crippen LogP contribution is 2.41. The van der Waals surface area contributed by atoms with Crippen LogP contribution in [0, 0.1) is 6.92 Å². The molecular weight excluding hydrogens is 332 g/mol. The van der Waals surface area contributed by atoms with E-state index in [-0.39, 0.29) is 12.8 Å². The molecule has 4 nitrogen and oxygen atoms in total. The molecule has 2 aromatic carbocycles. The SMILES string of the molecule is Cc1ccccc1NC(CN)c1cc(Br)c2c(c1)OCO2. The highest BCUT2D eigenvalue weighted by molar-refractivity contribution is 9.10. The lowest BCUT2D eigenvalue weighted by atomic mass is 10.0. The Morgan fingerprint density at radius 3 is 2.86 bits per heavy atom. The predicted molar refractivity (Wildman–Crippen MR) is 86.9 cm³/mol. The maximum absolute atomic E-state index is 5.95. The quantitative estimate of drug-likeness (QED) is 0.886. The van der Waals surface area contributed by atoms with E-state index in [0.717, 1.165) is 27.2 Å². The Hall–Kier alpha value is -1.72. The van der Waals surface area contributed by atoms with Gasteiger partial charge in [-0.05, 0) is 52.2 Å². The van der Waals surface area contributed by atoms with E-state index in [4.69, 9.17) is 15.2 Å². The van der Waals surface area contributed by atoms with Gasteiger partial charge in [-0.3, -0.25) is 0 Å². The number of fused-ring (bicyclic) bond motifs is 1. The topological polar surface area (TPSA) is 56.5 Å². The number of rotatable bonds is 4. The van der Waals surface area contributed by atoms with Crippen molar-refractivity contribution in [2.45, 2.75) is 13.0 Å². The molecule has 5 heteroatoms. The molecule has 1 aliphatic rings. The standard InChI is InChI=1S/C16H17BrN2O2/c1-10-4-2-3-5-13(10)19-14(8-18)11-6-12(17)16-15(7-11)20-9-21-16/h2-7,14,19H,8-9,18H2,1H3. The molecule has 1 unspecified atom stereocenters. The van der Waals surface area contributed by atoms with Crippen molar-refractivity contribution in [1.29, 1.82) is 0 Å². The fourth-order valence-electron chi connectivity index (χ4n) is 2.39. The summed E-state index contributed by atoms with van der Waals surface area (Å²) in [7, 11) is 0. The average molecular weight is 349 g/mol. The number of hydrogen-bond donors (Lipinski definition) is 2. The third-order valence-electron chi connectivity index (χ3n) is 3.56. The maximum atomic E-state index is 5.95. The van der Waals surface area contributed by atoms with Crippen molar-refractivity contribution >= 4 is 21.6 Å². The maximum Gasteiger partial charge on any atom is 0.231 e. The van der Waals surface area contributed by atoms with Crippen molar-refractivity contribution in [3.63, 3.8) is 0 Å². The van der Waals surface area contributed by atoms with Gasteiger partial charge in [0.05, 0.1) is 10.5 Å². The molecular formula is C16H17BrN2O2. The molecule has 1 heterocycles. The first-order chi connectivity index (χ1) is 10.2. The number of halogens is 1. The first-order valence-electron chi connectivity index (χ1n) is 6.80. The van der Waals surface area contributed by atoms with Crippen LogP contribution < -0.4 is 20.5 Å². The molecule has 0 fully saturated rings. The van der Waals surface area contributed by atoms with Crippen molar-refractivity contribution < 1.29 is 9.47 Å². The molecule has 2 aromatic rings. The number of anilines is 1. The zero-order valence-electron chi connectivity index (χ0n) is 11.7. The van der Waals surface area contributed by atoms with E-state index in [1.165, 1.54) is 5.56 Å². The normalized spacial score (nSPS) is 14.0. The van der Waals surface area contributed by atoms with Crippen LogP contribution in [0.3, 0.4) is 0 Å². The van der Waals surface area contributed by atoms with Crippen LogP contribution in [0.2, 0.25) is 0 Å². The minimum absolute atomic E-state index is 0.0110. The molecule has 21 heavy (non-hydrogen) atoms. The van der Waals surface area contributed by atoms with Crippen LogP contribution in [0.4, 0.5) is 5.69 Å². The predicted octanol–water partition coefficient (Wildman–Crippen LogP) is 3.60. The van der Waals surface area contributed by atoms with Gasteiger partial charge >= 0.3 is 0 Å². The summed E-state index contributed by atoms with van der Waals surface area (Å²) in [4.78, 5) is 0. The molecule has 0 aliphatic carbocycles. The smallest absolute Gasteiger partial charge is 0.231 e. The van der Waals surface area contributed by atoms with Gasteiger partial charge in [-0.1, -0.05) is 18.2 Å². The lowest BCUT2D eigenvalue weighted by Crippen LogP contribution is -2.21. The fraction of sp³-hybridized carbons (Fsp3) is 0.250. The molecule has 0 amide bonds. The molecule has 0 radical (unpaired) electrons. The average Bonchev–Trinajstić information content (AvgIpc) is 2.95. The number of benzene rings is 2. The Balaban J connectivity index is 1.90. The van der Waals surface area contributed by atoms with Gasteiger partial charge in [-0.15, -0.1) is 0 Å². The number of nitrogens with one attached hydrogen (secondary N) is 1. The van der Waals surface area contributed by atoms with E-state index in [2.05, 4.69) is 40.3 Å². The first-order valence-corrected chi connectivity index (χ1v) is 7.59. The fourth-order valence-corrected chi connectivity index (χ4v) is 2.96. The molecule has 3 rings (SSSR count). The third-order valence-corrected chi connectivity index (χ3v) is 4.15. The highest BCUT2D eigenvalue weighted by Gasteiger charge is 2.21. The number of hydrogen-bond acceptors (Lipinski definition) is 4. The van der Waals surface area contributed by atoms with E-state index in [1.807, 2.05) is 24.3 Å². The van der Waals surface area contributed by atoms with Gasteiger partial charge in [0.1, 0.15) is 0 Å². The first kappa shape index (κ1) is 14.2. The zero-order valence-corrected chi connectivity index (χ0v) is 13.3. The molecule has 0 bridgehead atoms. The summed E-state index contributed by atoms with van der Waals surface area (Å²) in [6.45, 7) is 2.82. The van der Waals surface area contributed by atoms with Crippen LogP contribution >= 0.6 is 15.9 Å². The molecule has 110 valence electrons. The van der Waals surface area contributed by atoms with Gasteiger partial charge in [-0.25, -0.2) is 0 Å². The van der Waals surface area contributed by atoms with E-state index in [9.17, 15) is 0 Å². The summed E-state index contributed by atoms with van der Waals surface area (Å²) in [6, 6.07) is 12.2. The molecule has 1 aliphatic heterocycles. The van der Waals surface area contributed by atoms with Crippen LogP contribution in [0.15, 0.2) is 40.9 Å². The number of aryl methyl sites for hydroxylation is 1. The number of nitrogens with two attached hydrogens (primary N) is 1. The van der Waals surface area contributed by atoms with Crippen LogP contribution in [0.5, 0.6) is 11.5 Å². The van der Waals surface area contributed by atoms with Crippen LogP contribution in [-0.4, -0.2) is 13.3 Å². The molecule has 3 N–H and O–H groups in total. The monoisotopic (exact) mass is 348 g/mol. The van der Waals surface area contributed by atoms with Crippen LogP contribution in [0.1, 0.15) is 17.2 Å². The molecule has 0 spiro atoms. The summed E-state index contributed by atoms with van der Waals surface area (Å²) in [5.74, 6) is 1.51. The van der Waals surface area contributed by atoms with Crippen LogP contribution in [-0.2, 0) is 0 Å². The summed E-state index contributed by atoms with van der Waals surface area (Å²) in [5, 5.41) is 3.49. The Kier molecular flexibility index (Phi) is 4.03. The van der Waals surface area contributed by atoms with Gasteiger partial charge in [0.15, 0.2) is 11.5 Å². The van der Waals surface area contributed by atoms with Crippen LogP contribution in [0.25, 0.3) is 0 Å². The summed E-state index contributed by atoms with van der Waals surface area (Å²) in [6.07, 6.45) is 0. The van der Waals surface area contributed by atoms with Crippen molar-refractivity contribution in [3.8, 4) is 11.5 Å². The Morgan fingerprint density at radius 2 is 2.10 bits per heavy atom. The second-order valence-corrected chi connectivity index (χ2v) is 5.84. The Morgan fingerprint density at radius 1 is 1.29 bits per heavy atom. The number of para-hydroxylation sites is 1. The van der Waals surface area contributed by atoms with E-state index in [0.29, 0.717) is 6.54 Å².